The van der Waals surface area contributed by atoms with Crippen LogP contribution in [0.4, 0.5) is 0 Å². The summed E-state index contributed by atoms with van der Waals surface area (Å²) < 4.78 is 12.0. The van der Waals surface area contributed by atoms with Crippen LogP contribution < -0.4 is 5.32 Å². The van der Waals surface area contributed by atoms with E-state index in [0.717, 1.165) is 11.1 Å². The van der Waals surface area contributed by atoms with Gasteiger partial charge in [-0.1, -0.05) is 23.7 Å². The van der Waals surface area contributed by atoms with Crippen LogP contribution in [0.25, 0.3) is 11.1 Å². The molecule has 2 rings (SSSR count). The Morgan fingerprint density at radius 3 is 2.78 bits per heavy atom. The monoisotopic (exact) mass is 337 g/mol. The van der Waals surface area contributed by atoms with Gasteiger partial charge in [-0.3, -0.25) is 9.48 Å². The van der Waals surface area contributed by atoms with Crippen LogP contribution in [0.5, 0.6) is 0 Å². The first-order valence-electron chi connectivity index (χ1n) is 7.31. The maximum absolute atomic E-state index is 11.4. The first-order chi connectivity index (χ1) is 11.2. The van der Waals surface area contributed by atoms with Gasteiger partial charge in [0.1, 0.15) is 6.61 Å². The van der Waals surface area contributed by atoms with Gasteiger partial charge in [0, 0.05) is 30.4 Å². The van der Waals surface area contributed by atoms with Crippen LogP contribution >= 0.6 is 11.6 Å². The zero-order valence-electron chi connectivity index (χ0n) is 13.0. The fourth-order valence-corrected chi connectivity index (χ4v) is 2.07. The van der Waals surface area contributed by atoms with Crippen molar-refractivity contribution in [2.45, 2.75) is 6.54 Å². The molecule has 0 saturated heterocycles. The highest BCUT2D eigenvalue weighted by Crippen LogP contribution is 2.20. The molecule has 0 radical (unpaired) electrons. The van der Waals surface area contributed by atoms with Gasteiger partial charge in [-0.05, 0) is 17.7 Å². The lowest BCUT2D eigenvalue weighted by molar-refractivity contribution is -0.126. The van der Waals surface area contributed by atoms with Crippen LogP contribution in [0.1, 0.15) is 0 Å². The molecule has 1 amide bonds. The number of hydrogen-bond acceptors (Lipinski definition) is 4. The van der Waals surface area contributed by atoms with E-state index in [1.54, 1.807) is 18.0 Å². The van der Waals surface area contributed by atoms with Crippen molar-refractivity contribution in [2.75, 3.05) is 33.5 Å². The summed E-state index contributed by atoms with van der Waals surface area (Å²) in [6.07, 6.45) is 3.73. The number of halogens is 1. The van der Waals surface area contributed by atoms with Crippen LogP contribution in [0.3, 0.4) is 0 Å². The molecule has 0 atom stereocenters. The maximum Gasteiger partial charge on any atom is 0.246 e. The van der Waals surface area contributed by atoms with Gasteiger partial charge < -0.3 is 14.8 Å². The highest BCUT2D eigenvalue weighted by molar-refractivity contribution is 6.30. The zero-order valence-corrected chi connectivity index (χ0v) is 13.8. The van der Waals surface area contributed by atoms with Crippen molar-refractivity contribution in [1.29, 1.82) is 0 Å². The number of ether oxygens (including phenoxy) is 2. The van der Waals surface area contributed by atoms with Crippen molar-refractivity contribution >= 4 is 17.5 Å². The standard InChI is InChI=1S/C16H20ClN3O3/c1-22-8-6-18-16(21)12-23-9-7-20-11-14(10-19-20)13-2-4-15(17)5-3-13/h2-5,10-11H,6-9,12H2,1H3,(H,18,21). The van der Waals surface area contributed by atoms with E-state index >= 15 is 0 Å². The topological polar surface area (TPSA) is 65.4 Å². The number of benzene rings is 1. The SMILES string of the molecule is COCCNC(=O)COCCn1cc(-c2ccc(Cl)cc2)cn1. The molecule has 7 heteroatoms. The van der Waals surface area contributed by atoms with Crippen molar-refractivity contribution in [3.8, 4) is 11.1 Å². The summed E-state index contributed by atoms with van der Waals surface area (Å²) in [7, 11) is 1.59. The molecule has 124 valence electrons. The Bertz CT molecular complexity index is 613. The molecule has 0 aliphatic rings. The van der Waals surface area contributed by atoms with Crippen molar-refractivity contribution in [1.82, 2.24) is 15.1 Å². The summed E-state index contributed by atoms with van der Waals surface area (Å²) in [5.41, 5.74) is 2.07. The highest BCUT2D eigenvalue weighted by atomic mass is 35.5. The molecule has 6 nitrogen and oxygen atoms in total. The number of carbonyl (C=O) groups excluding carboxylic acids is 1. The largest absolute Gasteiger partial charge is 0.383 e. The van der Waals surface area contributed by atoms with E-state index in [0.29, 0.717) is 31.3 Å². The zero-order chi connectivity index (χ0) is 16.5. The summed E-state index contributed by atoms with van der Waals surface area (Å²) in [6, 6.07) is 7.59. The number of amides is 1. The molecule has 1 aromatic heterocycles. The number of nitrogens with one attached hydrogen (secondary N) is 1. The van der Waals surface area contributed by atoms with Gasteiger partial charge in [0.05, 0.1) is 26.0 Å². The van der Waals surface area contributed by atoms with Gasteiger partial charge >= 0.3 is 0 Å². The van der Waals surface area contributed by atoms with Gasteiger partial charge in [0.15, 0.2) is 0 Å². The second-order valence-electron chi connectivity index (χ2n) is 4.89. The summed E-state index contributed by atoms with van der Waals surface area (Å²) in [5, 5.41) is 7.68. The van der Waals surface area contributed by atoms with Crippen LogP contribution in [0.2, 0.25) is 5.02 Å². The molecule has 1 aromatic carbocycles. The highest BCUT2D eigenvalue weighted by Gasteiger charge is 2.03. The molecule has 1 N–H and O–H groups in total. The van der Waals surface area contributed by atoms with Gasteiger partial charge in [-0.15, -0.1) is 0 Å². The number of rotatable bonds is 9. The van der Waals surface area contributed by atoms with Gasteiger partial charge in [0.2, 0.25) is 5.91 Å². The number of nitrogens with zero attached hydrogens (tertiary/aromatic N) is 2. The minimum absolute atomic E-state index is 0.0367. The third-order valence-corrected chi connectivity index (χ3v) is 3.39. The minimum atomic E-state index is -0.149. The van der Waals surface area contributed by atoms with Crippen LogP contribution in [0, 0.1) is 0 Å². The lowest BCUT2D eigenvalue weighted by atomic mass is 10.1. The Morgan fingerprint density at radius 1 is 1.26 bits per heavy atom. The van der Waals surface area contributed by atoms with E-state index in [1.165, 1.54) is 0 Å². The minimum Gasteiger partial charge on any atom is -0.383 e. The Hall–Kier alpha value is -1.89. The van der Waals surface area contributed by atoms with Crippen molar-refractivity contribution in [3.63, 3.8) is 0 Å². The lowest BCUT2D eigenvalue weighted by Crippen LogP contribution is -2.30. The average Bonchev–Trinajstić information content (AvgIpc) is 3.01. The molecular weight excluding hydrogens is 318 g/mol. The maximum atomic E-state index is 11.4. The molecule has 0 fully saturated rings. The molecule has 0 bridgehead atoms. The van der Waals surface area contributed by atoms with Crippen molar-refractivity contribution in [2.24, 2.45) is 0 Å². The Labute approximate surface area is 140 Å². The fourth-order valence-electron chi connectivity index (χ4n) is 1.94. The predicted molar refractivity (Wildman–Crippen MR) is 88.4 cm³/mol. The molecule has 1 heterocycles. The Balaban J connectivity index is 1.71. The first kappa shape index (κ1) is 17.5. The van der Waals surface area contributed by atoms with E-state index in [-0.39, 0.29) is 12.5 Å². The number of methoxy groups -OCH3 is 1. The Kier molecular flexibility index (Phi) is 7.06. The third-order valence-electron chi connectivity index (χ3n) is 3.14. The van der Waals surface area contributed by atoms with Gasteiger partial charge in [-0.2, -0.15) is 5.10 Å². The van der Waals surface area contributed by atoms with Gasteiger partial charge in [0.25, 0.3) is 0 Å². The summed E-state index contributed by atoms with van der Waals surface area (Å²) >= 11 is 5.88. The van der Waals surface area contributed by atoms with E-state index < -0.39 is 0 Å². The Morgan fingerprint density at radius 2 is 2.04 bits per heavy atom. The molecule has 23 heavy (non-hydrogen) atoms. The number of aromatic nitrogens is 2. The number of hydrogen-bond donors (Lipinski definition) is 1. The molecular formula is C16H20ClN3O3. The van der Waals surface area contributed by atoms with E-state index in [9.17, 15) is 4.79 Å². The molecule has 0 unspecified atom stereocenters. The first-order valence-corrected chi connectivity index (χ1v) is 7.68. The molecule has 2 aromatic rings. The number of carbonyl (C=O) groups is 1. The quantitative estimate of drug-likeness (QED) is 0.711. The third kappa shape index (κ3) is 6.02. The van der Waals surface area contributed by atoms with Crippen LogP contribution in [0.15, 0.2) is 36.7 Å². The molecule has 0 saturated carbocycles. The lowest BCUT2D eigenvalue weighted by Gasteiger charge is -2.06. The van der Waals surface area contributed by atoms with Gasteiger partial charge in [-0.25, -0.2) is 0 Å². The molecule has 0 aliphatic carbocycles. The van der Waals surface area contributed by atoms with Crippen LogP contribution in [-0.2, 0) is 20.8 Å². The van der Waals surface area contributed by atoms with E-state index in [4.69, 9.17) is 21.1 Å². The second kappa shape index (κ2) is 9.29. The smallest absolute Gasteiger partial charge is 0.246 e. The summed E-state index contributed by atoms with van der Waals surface area (Å²) in [4.78, 5) is 11.4. The normalized spacial score (nSPS) is 10.7. The molecule has 0 spiro atoms. The predicted octanol–water partition coefficient (Wildman–Crippen LogP) is 1.98. The van der Waals surface area contributed by atoms with Crippen molar-refractivity contribution in [3.05, 3.63) is 41.7 Å². The van der Waals surface area contributed by atoms with E-state index in [2.05, 4.69) is 10.4 Å². The summed E-state index contributed by atoms with van der Waals surface area (Å²) in [6.45, 7) is 2.02. The van der Waals surface area contributed by atoms with E-state index in [1.807, 2.05) is 30.5 Å². The summed E-state index contributed by atoms with van der Waals surface area (Å²) in [5.74, 6) is -0.149. The fraction of sp³-hybridized carbons (Fsp3) is 0.375. The van der Waals surface area contributed by atoms with Crippen molar-refractivity contribution < 1.29 is 14.3 Å². The molecule has 0 aliphatic heterocycles. The van der Waals surface area contributed by atoms with Crippen LogP contribution in [-0.4, -0.2) is 49.2 Å². The second-order valence-corrected chi connectivity index (χ2v) is 5.33. The average molecular weight is 338 g/mol.